The Morgan fingerprint density at radius 1 is 1.39 bits per heavy atom. The number of allylic oxidation sites excluding steroid dienone is 1. The van der Waals surface area contributed by atoms with Crippen LogP contribution in [0.25, 0.3) is 0 Å². The Labute approximate surface area is 108 Å². The zero-order valence-corrected chi connectivity index (χ0v) is 11.5. The number of carboxylic acids is 1. The molecule has 0 saturated heterocycles. The van der Waals surface area contributed by atoms with Crippen molar-refractivity contribution in [1.29, 1.82) is 0 Å². The maximum atomic E-state index is 11.9. The number of carboxylic acid groups (broad SMARTS) is 1. The molecule has 0 aromatic heterocycles. The van der Waals surface area contributed by atoms with Crippen LogP contribution >= 0.6 is 0 Å². The van der Waals surface area contributed by atoms with E-state index in [1.807, 2.05) is 20.8 Å². The molecule has 0 radical (unpaired) electrons. The summed E-state index contributed by atoms with van der Waals surface area (Å²) in [7, 11) is 0. The molecule has 0 bridgehead atoms. The lowest BCUT2D eigenvalue weighted by atomic mass is 9.86. The molecule has 4 heteroatoms. The van der Waals surface area contributed by atoms with Crippen molar-refractivity contribution >= 4 is 11.9 Å². The SMILES string of the molecule is CC(C)(C)C(NC(=O)CC1=CCCCC1)C(=O)O. The van der Waals surface area contributed by atoms with Gasteiger partial charge in [0.15, 0.2) is 0 Å². The molecule has 102 valence electrons. The van der Waals surface area contributed by atoms with Gasteiger partial charge in [0.1, 0.15) is 6.04 Å². The van der Waals surface area contributed by atoms with Crippen molar-refractivity contribution < 1.29 is 14.7 Å². The molecule has 1 amide bonds. The number of amides is 1. The fourth-order valence-electron chi connectivity index (χ4n) is 2.13. The number of nitrogens with one attached hydrogen (secondary N) is 1. The van der Waals surface area contributed by atoms with Crippen molar-refractivity contribution in [2.24, 2.45) is 5.41 Å². The lowest BCUT2D eigenvalue weighted by molar-refractivity contribution is -0.144. The van der Waals surface area contributed by atoms with Gasteiger partial charge in [-0.15, -0.1) is 0 Å². The highest BCUT2D eigenvalue weighted by Gasteiger charge is 2.32. The van der Waals surface area contributed by atoms with Gasteiger partial charge in [-0.05, 0) is 31.1 Å². The predicted octanol–water partition coefficient (Wildman–Crippen LogP) is 2.49. The Hall–Kier alpha value is -1.32. The molecule has 1 unspecified atom stereocenters. The maximum absolute atomic E-state index is 11.9. The number of carbonyl (C=O) groups excluding carboxylic acids is 1. The molecule has 1 aliphatic rings. The van der Waals surface area contributed by atoms with E-state index in [2.05, 4.69) is 11.4 Å². The fraction of sp³-hybridized carbons (Fsp3) is 0.714. The molecule has 0 aromatic rings. The Kier molecular flexibility index (Phi) is 4.93. The molecule has 18 heavy (non-hydrogen) atoms. The highest BCUT2D eigenvalue weighted by molar-refractivity contribution is 5.85. The standard InChI is InChI=1S/C14H23NO3/c1-14(2,3)12(13(17)18)15-11(16)9-10-7-5-4-6-8-10/h7,12H,4-6,8-9H2,1-3H3,(H,15,16)(H,17,18). The van der Waals surface area contributed by atoms with Crippen LogP contribution in [0.5, 0.6) is 0 Å². The van der Waals surface area contributed by atoms with Crippen LogP contribution in [0.15, 0.2) is 11.6 Å². The summed E-state index contributed by atoms with van der Waals surface area (Å²) in [5, 5.41) is 11.8. The Morgan fingerprint density at radius 3 is 2.50 bits per heavy atom. The third-order valence-electron chi connectivity index (χ3n) is 3.19. The topological polar surface area (TPSA) is 66.4 Å². The summed E-state index contributed by atoms with van der Waals surface area (Å²) in [6.45, 7) is 5.43. The van der Waals surface area contributed by atoms with E-state index >= 15 is 0 Å². The van der Waals surface area contributed by atoms with Crippen molar-refractivity contribution in [2.75, 3.05) is 0 Å². The van der Waals surface area contributed by atoms with Gasteiger partial charge < -0.3 is 10.4 Å². The summed E-state index contributed by atoms with van der Waals surface area (Å²) in [4.78, 5) is 23.0. The van der Waals surface area contributed by atoms with E-state index in [1.54, 1.807) is 0 Å². The van der Waals surface area contributed by atoms with Crippen LogP contribution < -0.4 is 5.32 Å². The summed E-state index contributed by atoms with van der Waals surface area (Å²) in [5.41, 5.74) is 0.652. The molecule has 1 aliphatic carbocycles. The molecule has 0 heterocycles. The third-order valence-corrected chi connectivity index (χ3v) is 3.19. The number of carbonyl (C=O) groups is 2. The van der Waals surface area contributed by atoms with Crippen LogP contribution in [0.2, 0.25) is 0 Å². The van der Waals surface area contributed by atoms with Gasteiger partial charge in [-0.25, -0.2) is 4.79 Å². The first-order valence-electron chi connectivity index (χ1n) is 6.51. The van der Waals surface area contributed by atoms with E-state index in [1.165, 1.54) is 6.42 Å². The first-order chi connectivity index (χ1) is 8.30. The van der Waals surface area contributed by atoms with E-state index in [-0.39, 0.29) is 5.91 Å². The number of aliphatic carboxylic acids is 1. The molecule has 0 fully saturated rings. The number of rotatable bonds is 4. The lowest BCUT2D eigenvalue weighted by Gasteiger charge is -2.28. The molecule has 2 N–H and O–H groups in total. The van der Waals surface area contributed by atoms with Crippen molar-refractivity contribution in [2.45, 2.75) is 58.9 Å². The summed E-state index contributed by atoms with van der Waals surface area (Å²) in [6, 6.07) is -0.839. The van der Waals surface area contributed by atoms with Gasteiger partial charge in [-0.2, -0.15) is 0 Å². The van der Waals surface area contributed by atoms with E-state index in [0.717, 1.165) is 24.8 Å². The van der Waals surface area contributed by atoms with Crippen LogP contribution in [0, 0.1) is 5.41 Å². The molecule has 1 rings (SSSR count). The summed E-state index contributed by atoms with van der Waals surface area (Å²) in [6.07, 6.45) is 6.74. The van der Waals surface area contributed by atoms with Crippen molar-refractivity contribution in [3.63, 3.8) is 0 Å². The van der Waals surface area contributed by atoms with Crippen molar-refractivity contribution in [1.82, 2.24) is 5.32 Å². The monoisotopic (exact) mass is 253 g/mol. The minimum absolute atomic E-state index is 0.189. The second-order valence-electron chi connectivity index (χ2n) is 5.99. The zero-order valence-electron chi connectivity index (χ0n) is 11.5. The quantitative estimate of drug-likeness (QED) is 0.756. The van der Waals surface area contributed by atoms with Gasteiger partial charge in [-0.3, -0.25) is 4.79 Å². The van der Waals surface area contributed by atoms with Gasteiger partial charge >= 0.3 is 5.97 Å². The Bertz CT molecular complexity index is 353. The van der Waals surface area contributed by atoms with E-state index in [9.17, 15) is 9.59 Å². The normalized spacial score (nSPS) is 17.8. The van der Waals surface area contributed by atoms with Crippen LogP contribution in [0.1, 0.15) is 52.9 Å². The Balaban J connectivity index is 2.56. The third kappa shape index (κ3) is 4.51. The van der Waals surface area contributed by atoms with Crippen LogP contribution in [0.4, 0.5) is 0 Å². The summed E-state index contributed by atoms with van der Waals surface area (Å²) in [5.74, 6) is -1.17. The average Bonchev–Trinajstić information content (AvgIpc) is 2.25. The lowest BCUT2D eigenvalue weighted by Crippen LogP contribution is -2.49. The summed E-state index contributed by atoms with van der Waals surface area (Å²) < 4.78 is 0. The van der Waals surface area contributed by atoms with Gasteiger partial charge in [0.25, 0.3) is 0 Å². The van der Waals surface area contributed by atoms with Crippen LogP contribution in [0.3, 0.4) is 0 Å². The summed E-state index contributed by atoms with van der Waals surface area (Å²) >= 11 is 0. The second kappa shape index (κ2) is 6.03. The average molecular weight is 253 g/mol. The number of hydrogen-bond acceptors (Lipinski definition) is 2. The molecule has 0 aromatic carbocycles. The van der Waals surface area contributed by atoms with Gasteiger partial charge in [0.05, 0.1) is 0 Å². The molecule has 0 saturated carbocycles. The van der Waals surface area contributed by atoms with Crippen LogP contribution in [-0.4, -0.2) is 23.0 Å². The zero-order chi connectivity index (χ0) is 13.8. The highest BCUT2D eigenvalue weighted by Crippen LogP contribution is 2.22. The highest BCUT2D eigenvalue weighted by atomic mass is 16.4. The van der Waals surface area contributed by atoms with Crippen molar-refractivity contribution in [3.05, 3.63) is 11.6 Å². The Morgan fingerprint density at radius 2 is 2.06 bits per heavy atom. The molecular weight excluding hydrogens is 230 g/mol. The predicted molar refractivity (Wildman–Crippen MR) is 70.2 cm³/mol. The fourth-order valence-corrected chi connectivity index (χ4v) is 2.13. The molecular formula is C14H23NO3. The molecule has 4 nitrogen and oxygen atoms in total. The van der Waals surface area contributed by atoms with Crippen molar-refractivity contribution in [3.8, 4) is 0 Å². The van der Waals surface area contributed by atoms with Crippen LogP contribution in [-0.2, 0) is 9.59 Å². The largest absolute Gasteiger partial charge is 0.480 e. The molecule has 1 atom stereocenters. The molecule has 0 spiro atoms. The van der Waals surface area contributed by atoms with E-state index in [4.69, 9.17) is 5.11 Å². The first kappa shape index (κ1) is 14.7. The molecule has 0 aliphatic heterocycles. The minimum atomic E-state index is -0.978. The van der Waals surface area contributed by atoms with E-state index in [0.29, 0.717) is 6.42 Å². The smallest absolute Gasteiger partial charge is 0.326 e. The van der Waals surface area contributed by atoms with E-state index < -0.39 is 17.4 Å². The van der Waals surface area contributed by atoms with Gasteiger partial charge in [-0.1, -0.05) is 32.4 Å². The van der Waals surface area contributed by atoms with Gasteiger partial charge in [0, 0.05) is 6.42 Å². The van der Waals surface area contributed by atoms with Gasteiger partial charge in [0.2, 0.25) is 5.91 Å². The minimum Gasteiger partial charge on any atom is -0.480 e. The second-order valence-corrected chi connectivity index (χ2v) is 5.99. The first-order valence-corrected chi connectivity index (χ1v) is 6.51. The maximum Gasteiger partial charge on any atom is 0.326 e. The number of hydrogen-bond donors (Lipinski definition) is 2.